The molecule has 6 nitrogen and oxygen atoms in total. The zero-order valence-electron chi connectivity index (χ0n) is 14.7. The molecule has 1 aliphatic rings. The first-order chi connectivity index (χ1) is 12.0. The zero-order chi connectivity index (χ0) is 18.0. The van der Waals surface area contributed by atoms with E-state index in [2.05, 4.69) is 10.3 Å². The maximum atomic E-state index is 12.6. The summed E-state index contributed by atoms with van der Waals surface area (Å²) >= 11 is 7.66. The number of piperidine rings is 1. The largest absolute Gasteiger partial charge is 0.391 e. The predicted molar refractivity (Wildman–Crippen MR) is 120 cm³/mol. The minimum absolute atomic E-state index is 0. The summed E-state index contributed by atoms with van der Waals surface area (Å²) in [6, 6.07) is 3.13. The summed E-state index contributed by atoms with van der Waals surface area (Å²) < 4.78 is 1.30. The lowest BCUT2D eigenvalue weighted by Crippen LogP contribution is -2.46. The molecule has 2 atom stereocenters. The smallest absolute Gasteiger partial charge is 0.261 e. The van der Waals surface area contributed by atoms with Gasteiger partial charge in [-0.1, -0.05) is 11.6 Å². The Bertz CT molecular complexity index is 865. The monoisotopic (exact) mass is 541 g/mol. The number of hydrogen-bond acceptors (Lipinski definition) is 6. The fraction of sp³-hybridized carbons (Fsp3) is 0.471. The molecule has 0 aliphatic carbocycles. The number of aromatic nitrogens is 2. The van der Waals surface area contributed by atoms with Crippen LogP contribution in [0.4, 0.5) is 0 Å². The van der Waals surface area contributed by atoms with Crippen molar-refractivity contribution in [1.29, 1.82) is 0 Å². The summed E-state index contributed by atoms with van der Waals surface area (Å²) in [7, 11) is 0. The van der Waals surface area contributed by atoms with Crippen LogP contribution in [0.1, 0.15) is 19.3 Å². The highest BCUT2D eigenvalue weighted by atomic mass is 79.9. The standard InChI is InChI=1S/C17H20ClN3O3S.2BrH/c1-25-16-7-13-11(6-12(16)18)17(24)21(9-20-13)8-10(22)5-14-15(23)3-2-4-19-14;;/h6-7,9,14-15,19,23H,2-5,8H2,1H3;2*1H/t14-,15+;;/m0../s1. The Hall–Kier alpha value is -0.450. The number of carbonyl (C=O) groups excluding carboxylic acids is 1. The van der Waals surface area contributed by atoms with Gasteiger partial charge in [-0.05, 0) is 37.8 Å². The highest BCUT2D eigenvalue weighted by Crippen LogP contribution is 2.28. The van der Waals surface area contributed by atoms with E-state index in [1.54, 1.807) is 12.1 Å². The summed E-state index contributed by atoms with van der Waals surface area (Å²) in [5, 5.41) is 14.0. The lowest BCUT2D eigenvalue weighted by molar-refractivity contribution is -0.121. The summed E-state index contributed by atoms with van der Waals surface area (Å²) in [4.78, 5) is 30.1. The first-order valence-corrected chi connectivity index (χ1v) is 9.75. The molecule has 1 fully saturated rings. The van der Waals surface area contributed by atoms with E-state index < -0.39 is 6.10 Å². The number of fused-ring (bicyclic) bond motifs is 1. The third kappa shape index (κ3) is 5.77. The van der Waals surface area contributed by atoms with Gasteiger partial charge in [0, 0.05) is 17.4 Å². The van der Waals surface area contributed by atoms with E-state index in [1.165, 1.54) is 22.7 Å². The molecule has 2 aromatic rings. The molecule has 0 amide bonds. The second-order valence-corrected chi connectivity index (χ2v) is 7.45. The van der Waals surface area contributed by atoms with Crippen LogP contribution >= 0.6 is 57.3 Å². The highest BCUT2D eigenvalue weighted by molar-refractivity contribution is 8.93. The van der Waals surface area contributed by atoms with Crippen molar-refractivity contribution in [2.75, 3.05) is 12.8 Å². The Morgan fingerprint density at radius 3 is 2.85 bits per heavy atom. The van der Waals surface area contributed by atoms with Crippen molar-refractivity contribution >= 4 is 74.0 Å². The fourth-order valence-corrected chi connectivity index (χ4v) is 3.95. The third-order valence-electron chi connectivity index (χ3n) is 4.44. The van der Waals surface area contributed by atoms with Crippen LogP contribution in [0.25, 0.3) is 10.9 Å². The van der Waals surface area contributed by atoms with Gasteiger partial charge in [-0.15, -0.1) is 45.7 Å². The van der Waals surface area contributed by atoms with Crippen molar-refractivity contribution in [2.24, 2.45) is 0 Å². The van der Waals surface area contributed by atoms with Crippen molar-refractivity contribution in [3.05, 3.63) is 33.8 Å². The molecule has 1 aromatic heterocycles. The summed E-state index contributed by atoms with van der Waals surface area (Å²) in [5.41, 5.74) is 0.275. The molecule has 150 valence electrons. The maximum absolute atomic E-state index is 12.6. The number of aliphatic hydroxyl groups excluding tert-OH is 1. The average molecular weight is 544 g/mol. The molecule has 27 heavy (non-hydrogen) atoms. The van der Waals surface area contributed by atoms with Crippen LogP contribution in [0, 0.1) is 0 Å². The van der Waals surface area contributed by atoms with Crippen molar-refractivity contribution in [2.45, 2.75) is 42.8 Å². The van der Waals surface area contributed by atoms with Gasteiger partial charge in [-0.25, -0.2) is 4.98 Å². The van der Waals surface area contributed by atoms with E-state index in [0.29, 0.717) is 22.3 Å². The maximum Gasteiger partial charge on any atom is 0.261 e. The molecular formula is C17H22Br2ClN3O3S. The van der Waals surface area contributed by atoms with E-state index in [1.807, 2.05) is 6.26 Å². The molecule has 2 heterocycles. The number of rotatable bonds is 5. The first kappa shape index (κ1) is 24.6. The van der Waals surface area contributed by atoms with Crippen LogP contribution in [0.3, 0.4) is 0 Å². The molecule has 0 saturated carbocycles. The molecule has 0 spiro atoms. The first-order valence-electron chi connectivity index (χ1n) is 8.15. The minimum Gasteiger partial charge on any atom is -0.391 e. The van der Waals surface area contributed by atoms with Crippen LogP contribution in [-0.4, -0.2) is 45.4 Å². The van der Waals surface area contributed by atoms with Crippen molar-refractivity contribution in [3.63, 3.8) is 0 Å². The Morgan fingerprint density at radius 2 is 2.19 bits per heavy atom. The van der Waals surface area contributed by atoms with E-state index in [-0.39, 0.29) is 64.3 Å². The van der Waals surface area contributed by atoms with Gasteiger partial charge in [0.15, 0.2) is 5.78 Å². The predicted octanol–water partition coefficient (Wildman–Crippen LogP) is 3.00. The van der Waals surface area contributed by atoms with Crippen molar-refractivity contribution < 1.29 is 9.90 Å². The number of hydrogen-bond donors (Lipinski definition) is 2. The van der Waals surface area contributed by atoms with Gasteiger partial charge in [-0.2, -0.15) is 0 Å². The average Bonchev–Trinajstić information content (AvgIpc) is 2.59. The van der Waals surface area contributed by atoms with Crippen LogP contribution in [0.15, 0.2) is 28.2 Å². The van der Waals surface area contributed by atoms with Crippen LogP contribution in [0.2, 0.25) is 5.02 Å². The zero-order valence-corrected chi connectivity index (χ0v) is 19.7. The summed E-state index contributed by atoms with van der Waals surface area (Å²) in [6.07, 6.45) is 4.56. The molecule has 1 saturated heterocycles. The number of thioether (sulfide) groups is 1. The third-order valence-corrected chi connectivity index (χ3v) is 5.64. The van der Waals surface area contributed by atoms with Gasteiger partial charge in [0.2, 0.25) is 0 Å². The number of halogens is 3. The second-order valence-electron chi connectivity index (χ2n) is 6.19. The summed E-state index contributed by atoms with van der Waals surface area (Å²) in [5.74, 6) is -0.117. The molecule has 10 heteroatoms. The quantitative estimate of drug-likeness (QED) is 0.565. The fourth-order valence-electron chi connectivity index (χ4n) is 3.07. The lowest BCUT2D eigenvalue weighted by Gasteiger charge is -2.28. The molecule has 2 N–H and O–H groups in total. The van der Waals surface area contributed by atoms with Gasteiger partial charge in [0.05, 0.1) is 34.9 Å². The molecule has 0 bridgehead atoms. The van der Waals surface area contributed by atoms with Crippen LogP contribution < -0.4 is 10.9 Å². The molecular weight excluding hydrogens is 522 g/mol. The van der Waals surface area contributed by atoms with Gasteiger partial charge in [0.25, 0.3) is 5.56 Å². The Kier molecular flexibility index (Phi) is 9.95. The van der Waals surface area contributed by atoms with Gasteiger partial charge < -0.3 is 10.4 Å². The number of Topliss-reactive ketones (excluding diaryl/α,β-unsaturated/α-hetero) is 1. The van der Waals surface area contributed by atoms with Gasteiger partial charge in [-0.3, -0.25) is 14.2 Å². The number of ketones is 1. The van der Waals surface area contributed by atoms with E-state index in [9.17, 15) is 14.7 Å². The van der Waals surface area contributed by atoms with Crippen molar-refractivity contribution in [3.8, 4) is 0 Å². The topological polar surface area (TPSA) is 84.2 Å². The number of benzene rings is 1. The summed E-state index contributed by atoms with van der Waals surface area (Å²) in [6.45, 7) is 0.733. The van der Waals surface area contributed by atoms with Crippen LogP contribution in [-0.2, 0) is 11.3 Å². The Labute approximate surface area is 187 Å². The second kappa shape index (κ2) is 10.9. The Balaban J connectivity index is 0.00000182. The van der Waals surface area contributed by atoms with E-state index in [4.69, 9.17) is 11.6 Å². The van der Waals surface area contributed by atoms with E-state index in [0.717, 1.165) is 17.9 Å². The highest BCUT2D eigenvalue weighted by Gasteiger charge is 2.25. The number of aliphatic hydroxyl groups is 1. The Morgan fingerprint density at radius 1 is 1.44 bits per heavy atom. The number of nitrogens with one attached hydrogen (secondary N) is 1. The minimum atomic E-state index is -0.520. The molecule has 3 rings (SSSR count). The molecule has 1 aromatic carbocycles. The van der Waals surface area contributed by atoms with Crippen molar-refractivity contribution in [1.82, 2.24) is 14.9 Å². The lowest BCUT2D eigenvalue weighted by atomic mass is 9.97. The van der Waals surface area contributed by atoms with E-state index >= 15 is 0 Å². The molecule has 1 aliphatic heterocycles. The normalized spacial score (nSPS) is 19.2. The van der Waals surface area contributed by atoms with Gasteiger partial charge in [0.1, 0.15) is 0 Å². The number of nitrogens with zero attached hydrogens (tertiary/aromatic N) is 2. The van der Waals surface area contributed by atoms with Crippen LogP contribution in [0.5, 0.6) is 0 Å². The van der Waals surface area contributed by atoms with Gasteiger partial charge >= 0.3 is 0 Å². The molecule has 0 unspecified atom stereocenters. The molecule has 0 radical (unpaired) electrons. The SMILES string of the molecule is Br.Br.CSc1cc2ncn(CC(=O)C[C@@H]3NCCC[C@H]3O)c(=O)c2cc1Cl. The number of carbonyl (C=O) groups is 1.